The van der Waals surface area contributed by atoms with E-state index in [-0.39, 0.29) is 18.6 Å². The lowest BCUT2D eigenvalue weighted by Gasteiger charge is -2.23. The zero-order valence-corrected chi connectivity index (χ0v) is 13.2. The Morgan fingerprint density at radius 2 is 2.14 bits per heavy atom. The second-order valence-corrected chi connectivity index (χ2v) is 5.80. The Morgan fingerprint density at radius 1 is 1.43 bits per heavy atom. The minimum Gasteiger partial charge on any atom is -0.376 e. The SMILES string of the molecule is CN(C)c1ccc(Cl)cc1NC(=O)COC1CCNCC1. The topological polar surface area (TPSA) is 53.6 Å². The minimum atomic E-state index is -0.154. The predicted octanol–water partition coefficient (Wildman–Crippen LogP) is 2.11. The number of piperidine rings is 1. The van der Waals surface area contributed by atoms with Crippen LogP contribution in [0.5, 0.6) is 0 Å². The van der Waals surface area contributed by atoms with Crippen LogP contribution >= 0.6 is 11.6 Å². The molecule has 0 aromatic heterocycles. The molecular formula is C15H22ClN3O2. The third-order valence-electron chi connectivity index (χ3n) is 3.45. The van der Waals surface area contributed by atoms with E-state index in [9.17, 15) is 4.79 Å². The maximum absolute atomic E-state index is 12.0. The van der Waals surface area contributed by atoms with Crippen LogP contribution in [-0.2, 0) is 9.53 Å². The molecule has 21 heavy (non-hydrogen) atoms. The van der Waals surface area contributed by atoms with Crippen molar-refractivity contribution in [1.29, 1.82) is 0 Å². The number of nitrogens with zero attached hydrogens (tertiary/aromatic N) is 1. The van der Waals surface area contributed by atoms with Gasteiger partial charge < -0.3 is 20.3 Å². The van der Waals surface area contributed by atoms with Crippen LogP contribution in [0.2, 0.25) is 5.02 Å². The molecule has 116 valence electrons. The first-order valence-electron chi connectivity index (χ1n) is 7.15. The number of rotatable bonds is 5. The van der Waals surface area contributed by atoms with Crippen molar-refractivity contribution in [3.8, 4) is 0 Å². The molecule has 0 radical (unpaired) electrons. The minimum absolute atomic E-state index is 0.0735. The normalized spacial score (nSPS) is 15.8. The van der Waals surface area contributed by atoms with Crippen LogP contribution in [0.25, 0.3) is 0 Å². The highest BCUT2D eigenvalue weighted by Crippen LogP contribution is 2.27. The number of carbonyl (C=O) groups is 1. The van der Waals surface area contributed by atoms with Crippen LogP contribution in [0, 0.1) is 0 Å². The van der Waals surface area contributed by atoms with Crippen LogP contribution in [0.1, 0.15) is 12.8 Å². The molecule has 1 aliphatic heterocycles. The maximum atomic E-state index is 12.0. The highest BCUT2D eigenvalue weighted by atomic mass is 35.5. The van der Waals surface area contributed by atoms with E-state index < -0.39 is 0 Å². The first-order chi connectivity index (χ1) is 10.1. The van der Waals surface area contributed by atoms with Gasteiger partial charge in [-0.05, 0) is 44.1 Å². The fraction of sp³-hybridized carbons (Fsp3) is 0.533. The third kappa shape index (κ3) is 4.88. The van der Waals surface area contributed by atoms with E-state index in [1.807, 2.05) is 25.1 Å². The highest BCUT2D eigenvalue weighted by molar-refractivity contribution is 6.31. The van der Waals surface area contributed by atoms with Crippen molar-refractivity contribution in [2.75, 3.05) is 44.0 Å². The standard InChI is InChI=1S/C15H22ClN3O2/c1-19(2)14-4-3-11(16)9-13(14)18-15(20)10-21-12-5-7-17-8-6-12/h3-4,9,12,17H,5-8,10H2,1-2H3,(H,18,20). The number of ether oxygens (including phenoxy) is 1. The summed E-state index contributed by atoms with van der Waals surface area (Å²) < 4.78 is 5.65. The molecule has 6 heteroatoms. The molecule has 1 aliphatic rings. The van der Waals surface area contributed by atoms with Gasteiger partial charge in [0.2, 0.25) is 5.91 Å². The molecule has 1 saturated heterocycles. The van der Waals surface area contributed by atoms with Crippen molar-refractivity contribution in [2.24, 2.45) is 0 Å². The molecule has 0 unspecified atom stereocenters. The zero-order valence-electron chi connectivity index (χ0n) is 12.5. The van der Waals surface area contributed by atoms with E-state index in [1.54, 1.807) is 12.1 Å². The Labute approximate surface area is 130 Å². The second kappa shape index (κ2) is 7.64. The molecule has 5 nitrogen and oxygen atoms in total. The largest absolute Gasteiger partial charge is 0.376 e. The quantitative estimate of drug-likeness (QED) is 0.874. The van der Waals surface area contributed by atoms with Crippen LogP contribution in [0.15, 0.2) is 18.2 Å². The average Bonchev–Trinajstić information content (AvgIpc) is 2.46. The van der Waals surface area contributed by atoms with E-state index in [0.29, 0.717) is 10.7 Å². The molecule has 1 aromatic carbocycles. The summed E-state index contributed by atoms with van der Waals surface area (Å²) in [6.07, 6.45) is 2.07. The molecular weight excluding hydrogens is 290 g/mol. The Bertz CT molecular complexity index is 488. The Kier molecular flexibility index (Phi) is 5.85. The lowest BCUT2D eigenvalue weighted by atomic mass is 10.1. The number of amides is 1. The van der Waals surface area contributed by atoms with Crippen LogP contribution in [0.3, 0.4) is 0 Å². The lowest BCUT2D eigenvalue weighted by molar-refractivity contribution is -0.123. The van der Waals surface area contributed by atoms with Gasteiger partial charge in [0.15, 0.2) is 0 Å². The third-order valence-corrected chi connectivity index (χ3v) is 3.69. The fourth-order valence-corrected chi connectivity index (χ4v) is 2.51. The number of carbonyl (C=O) groups excluding carboxylic acids is 1. The summed E-state index contributed by atoms with van der Waals surface area (Å²) in [7, 11) is 3.84. The van der Waals surface area contributed by atoms with Crippen LogP contribution in [0.4, 0.5) is 11.4 Å². The molecule has 2 rings (SSSR count). The summed E-state index contributed by atoms with van der Waals surface area (Å²) in [6.45, 7) is 1.97. The van der Waals surface area contributed by atoms with Crippen molar-refractivity contribution in [3.05, 3.63) is 23.2 Å². The van der Waals surface area contributed by atoms with Gasteiger partial charge in [0.05, 0.1) is 17.5 Å². The molecule has 1 fully saturated rings. The van der Waals surface area contributed by atoms with E-state index in [2.05, 4.69) is 10.6 Å². The van der Waals surface area contributed by atoms with E-state index in [0.717, 1.165) is 31.6 Å². The van der Waals surface area contributed by atoms with E-state index in [4.69, 9.17) is 16.3 Å². The molecule has 2 N–H and O–H groups in total. The van der Waals surface area contributed by atoms with Gasteiger partial charge in [-0.15, -0.1) is 0 Å². The summed E-state index contributed by atoms with van der Waals surface area (Å²) in [5, 5.41) is 6.73. The zero-order chi connectivity index (χ0) is 15.2. The molecule has 0 spiro atoms. The number of hydrogen-bond donors (Lipinski definition) is 2. The fourth-order valence-electron chi connectivity index (χ4n) is 2.34. The van der Waals surface area contributed by atoms with Crippen molar-refractivity contribution >= 4 is 28.9 Å². The number of nitrogens with one attached hydrogen (secondary N) is 2. The lowest BCUT2D eigenvalue weighted by Crippen LogP contribution is -2.34. The van der Waals surface area contributed by atoms with E-state index >= 15 is 0 Å². The number of benzene rings is 1. The predicted molar refractivity (Wildman–Crippen MR) is 86.3 cm³/mol. The summed E-state index contributed by atoms with van der Waals surface area (Å²) >= 11 is 6.00. The highest BCUT2D eigenvalue weighted by Gasteiger charge is 2.15. The van der Waals surface area contributed by atoms with E-state index in [1.165, 1.54) is 0 Å². The maximum Gasteiger partial charge on any atom is 0.250 e. The monoisotopic (exact) mass is 311 g/mol. The second-order valence-electron chi connectivity index (χ2n) is 5.36. The summed E-state index contributed by atoms with van der Waals surface area (Å²) in [5.41, 5.74) is 1.61. The molecule has 0 atom stereocenters. The molecule has 0 bridgehead atoms. The van der Waals surface area contributed by atoms with Crippen molar-refractivity contribution in [1.82, 2.24) is 5.32 Å². The number of hydrogen-bond acceptors (Lipinski definition) is 4. The van der Waals surface area contributed by atoms with Crippen molar-refractivity contribution in [3.63, 3.8) is 0 Å². The van der Waals surface area contributed by atoms with Gasteiger partial charge >= 0.3 is 0 Å². The molecule has 0 aliphatic carbocycles. The van der Waals surface area contributed by atoms with Gasteiger partial charge in [-0.3, -0.25) is 4.79 Å². The van der Waals surface area contributed by atoms with Crippen molar-refractivity contribution in [2.45, 2.75) is 18.9 Å². The number of anilines is 2. The molecule has 1 heterocycles. The summed E-state index contributed by atoms with van der Waals surface area (Å²) in [5.74, 6) is -0.154. The Morgan fingerprint density at radius 3 is 2.81 bits per heavy atom. The smallest absolute Gasteiger partial charge is 0.250 e. The Hall–Kier alpha value is -1.30. The van der Waals surface area contributed by atoms with Crippen molar-refractivity contribution < 1.29 is 9.53 Å². The van der Waals surface area contributed by atoms with Gasteiger partial charge in [-0.1, -0.05) is 11.6 Å². The summed E-state index contributed by atoms with van der Waals surface area (Å²) in [4.78, 5) is 14.0. The average molecular weight is 312 g/mol. The Balaban J connectivity index is 1.91. The first kappa shape index (κ1) is 16.1. The summed E-state index contributed by atoms with van der Waals surface area (Å²) in [6, 6.07) is 5.43. The van der Waals surface area contributed by atoms with Crippen LogP contribution < -0.4 is 15.5 Å². The van der Waals surface area contributed by atoms with Gasteiger partial charge in [0.25, 0.3) is 0 Å². The van der Waals surface area contributed by atoms with Gasteiger partial charge in [0.1, 0.15) is 6.61 Å². The molecule has 1 aromatic rings. The van der Waals surface area contributed by atoms with Crippen LogP contribution in [-0.4, -0.2) is 45.8 Å². The van der Waals surface area contributed by atoms with Gasteiger partial charge in [0, 0.05) is 19.1 Å². The molecule has 1 amide bonds. The van der Waals surface area contributed by atoms with Gasteiger partial charge in [-0.25, -0.2) is 0 Å². The molecule has 0 saturated carbocycles. The number of halogens is 1. The first-order valence-corrected chi connectivity index (χ1v) is 7.53. The van der Waals surface area contributed by atoms with Gasteiger partial charge in [-0.2, -0.15) is 0 Å².